The van der Waals surface area contributed by atoms with Crippen LogP contribution >= 0.6 is 0 Å². The van der Waals surface area contributed by atoms with Gasteiger partial charge in [0.25, 0.3) is 0 Å². The molecular weight excluding hydrogens is 312 g/mol. The summed E-state index contributed by atoms with van der Waals surface area (Å²) in [6, 6.07) is 10.4. The molecule has 0 aliphatic rings. The molecule has 0 amide bonds. The van der Waals surface area contributed by atoms with Gasteiger partial charge in [0, 0.05) is 23.3 Å². The number of anilines is 2. The van der Waals surface area contributed by atoms with Crippen molar-refractivity contribution in [1.82, 2.24) is 4.98 Å². The lowest BCUT2D eigenvalue weighted by Crippen LogP contribution is -2.05. The van der Waals surface area contributed by atoms with Crippen LogP contribution in [0.25, 0.3) is 10.9 Å². The van der Waals surface area contributed by atoms with Crippen LogP contribution in [0.4, 0.5) is 11.4 Å². The van der Waals surface area contributed by atoms with E-state index < -0.39 is 11.9 Å². The molecular formula is C17H12N2O5. The predicted octanol–water partition coefficient (Wildman–Crippen LogP) is 3.08. The Kier molecular flexibility index (Phi) is 3.75. The molecule has 4 N–H and O–H groups in total. The number of aromatic carboxylic acids is 2. The topological polar surface area (TPSA) is 120 Å². The van der Waals surface area contributed by atoms with E-state index in [4.69, 9.17) is 5.11 Å². The van der Waals surface area contributed by atoms with E-state index in [1.165, 1.54) is 36.5 Å². The van der Waals surface area contributed by atoms with Crippen molar-refractivity contribution in [3.8, 4) is 5.75 Å². The summed E-state index contributed by atoms with van der Waals surface area (Å²) in [5.41, 5.74) is 1.04. The summed E-state index contributed by atoms with van der Waals surface area (Å²) in [7, 11) is 0. The van der Waals surface area contributed by atoms with Gasteiger partial charge >= 0.3 is 11.9 Å². The zero-order valence-electron chi connectivity index (χ0n) is 12.2. The van der Waals surface area contributed by atoms with Crippen molar-refractivity contribution >= 4 is 34.2 Å². The van der Waals surface area contributed by atoms with Crippen LogP contribution in [0.1, 0.15) is 20.7 Å². The quantitative estimate of drug-likeness (QED) is 0.582. The maximum Gasteiger partial charge on any atom is 0.339 e. The van der Waals surface area contributed by atoms with Gasteiger partial charge in [-0.2, -0.15) is 0 Å². The molecule has 120 valence electrons. The van der Waals surface area contributed by atoms with Crippen LogP contribution < -0.4 is 5.32 Å². The number of fused-ring (bicyclic) bond motifs is 1. The molecule has 0 saturated carbocycles. The molecule has 3 rings (SSSR count). The lowest BCUT2D eigenvalue weighted by Gasteiger charge is -2.13. The van der Waals surface area contributed by atoms with Gasteiger partial charge in [-0.25, -0.2) is 9.59 Å². The molecule has 0 radical (unpaired) electrons. The number of pyridine rings is 1. The highest BCUT2D eigenvalue weighted by Crippen LogP contribution is 2.31. The molecule has 0 aliphatic carbocycles. The first kappa shape index (κ1) is 15.3. The fraction of sp³-hybridized carbons (Fsp3) is 0. The fourth-order valence-corrected chi connectivity index (χ4v) is 2.35. The summed E-state index contributed by atoms with van der Waals surface area (Å²) in [4.78, 5) is 26.7. The number of phenols is 1. The van der Waals surface area contributed by atoms with Crippen molar-refractivity contribution < 1.29 is 24.9 Å². The number of hydrogen-bond acceptors (Lipinski definition) is 5. The number of benzene rings is 2. The van der Waals surface area contributed by atoms with E-state index >= 15 is 0 Å². The minimum absolute atomic E-state index is 0.0152. The van der Waals surface area contributed by atoms with Gasteiger partial charge < -0.3 is 20.6 Å². The Morgan fingerprint density at radius 3 is 2.46 bits per heavy atom. The number of rotatable bonds is 4. The van der Waals surface area contributed by atoms with Gasteiger partial charge in [0.05, 0.1) is 16.8 Å². The summed E-state index contributed by atoms with van der Waals surface area (Å²) in [6.45, 7) is 0. The summed E-state index contributed by atoms with van der Waals surface area (Å²) in [6.07, 6.45) is 1.20. The van der Waals surface area contributed by atoms with Crippen LogP contribution in [0.15, 0.2) is 48.7 Å². The third-order valence-electron chi connectivity index (χ3n) is 3.46. The van der Waals surface area contributed by atoms with Crippen molar-refractivity contribution in [2.75, 3.05) is 5.32 Å². The molecule has 2 aromatic carbocycles. The minimum Gasteiger partial charge on any atom is -0.508 e. The van der Waals surface area contributed by atoms with Crippen LogP contribution in [0.3, 0.4) is 0 Å². The third kappa shape index (κ3) is 2.82. The fourth-order valence-electron chi connectivity index (χ4n) is 2.35. The monoisotopic (exact) mass is 324 g/mol. The smallest absolute Gasteiger partial charge is 0.339 e. The zero-order chi connectivity index (χ0) is 17.3. The second kappa shape index (κ2) is 5.88. The molecule has 0 spiro atoms. The molecule has 0 saturated heterocycles. The maximum atomic E-state index is 11.5. The Morgan fingerprint density at radius 2 is 1.79 bits per heavy atom. The number of carboxylic acids is 2. The normalized spacial score (nSPS) is 10.5. The zero-order valence-corrected chi connectivity index (χ0v) is 12.2. The first-order chi connectivity index (χ1) is 11.5. The number of aromatic nitrogens is 1. The van der Waals surface area contributed by atoms with Crippen molar-refractivity contribution in [3.05, 3.63) is 59.8 Å². The molecule has 7 heteroatoms. The molecule has 0 unspecified atom stereocenters. The van der Waals surface area contributed by atoms with Crippen LogP contribution in [0, 0.1) is 0 Å². The Balaban J connectivity index is 2.24. The van der Waals surface area contributed by atoms with Crippen molar-refractivity contribution in [2.45, 2.75) is 0 Å². The highest BCUT2D eigenvalue weighted by Gasteiger charge is 2.16. The number of phenolic OH excluding ortho intramolecular Hbond substituents is 1. The van der Waals surface area contributed by atoms with E-state index in [-0.39, 0.29) is 22.6 Å². The van der Waals surface area contributed by atoms with Crippen molar-refractivity contribution in [2.24, 2.45) is 0 Å². The Labute approximate surface area is 135 Å². The number of carbonyl (C=O) groups is 2. The molecule has 3 aromatic rings. The molecule has 0 fully saturated rings. The molecule has 0 aliphatic heterocycles. The summed E-state index contributed by atoms with van der Waals surface area (Å²) >= 11 is 0. The van der Waals surface area contributed by atoms with Gasteiger partial charge in [0.2, 0.25) is 0 Å². The van der Waals surface area contributed by atoms with Crippen LogP contribution in [0.2, 0.25) is 0 Å². The lowest BCUT2D eigenvalue weighted by molar-refractivity contribution is 0.0687. The molecule has 1 aromatic heterocycles. The Hall–Kier alpha value is -3.61. The first-order valence-electron chi connectivity index (χ1n) is 6.91. The van der Waals surface area contributed by atoms with Gasteiger partial charge in [0.15, 0.2) is 0 Å². The highest BCUT2D eigenvalue weighted by atomic mass is 16.4. The Bertz CT molecular complexity index is 963. The average Bonchev–Trinajstić information content (AvgIpc) is 2.54. The Morgan fingerprint density at radius 1 is 1.00 bits per heavy atom. The van der Waals surface area contributed by atoms with E-state index in [1.54, 1.807) is 12.1 Å². The second-order valence-electron chi connectivity index (χ2n) is 5.06. The second-order valence-corrected chi connectivity index (χ2v) is 5.06. The number of nitrogens with one attached hydrogen (secondary N) is 1. The van der Waals surface area contributed by atoms with Gasteiger partial charge in [0.1, 0.15) is 11.3 Å². The molecule has 0 atom stereocenters. The molecule has 7 nitrogen and oxygen atoms in total. The highest BCUT2D eigenvalue weighted by molar-refractivity contribution is 6.07. The summed E-state index contributed by atoms with van der Waals surface area (Å²) in [5, 5.41) is 31.4. The van der Waals surface area contributed by atoms with Crippen LogP contribution in [-0.4, -0.2) is 32.2 Å². The average molecular weight is 324 g/mol. The summed E-state index contributed by atoms with van der Waals surface area (Å²) < 4.78 is 0. The number of hydrogen-bond donors (Lipinski definition) is 4. The van der Waals surface area contributed by atoms with Gasteiger partial charge in [-0.3, -0.25) is 4.98 Å². The van der Waals surface area contributed by atoms with Gasteiger partial charge in [-0.15, -0.1) is 0 Å². The minimum atomic E-state index is -1.20. The van der Waals surface area contributed by atoms with E-state index in [9.17, 15) is 19.8 Å². The van der Waals surface area contributed by atoms with E-state index in [0.717, 1.165) is 0 Å². The lowest BCUT2D eigenvalue weighted by atomic mass is 10.1. The number of nitrogens with zero attached hydrogens (tertiary/aromatic N) is 1. The van der Waals surface area contributed by atoms with E-state index in [0.29, 0.717) is 16.6 Å². The van der Waals surface area contributed by atoms with Crippen LogP contribution in [-0.2, 0) is 0 Å². The molecule has 1 heterocycles. The third-order valence-corrected chi connectivity index (χ3v) is 3.46. The van der Waals surface area contributed by atoms with Crippen molar-refractivity contribution in [3.63, 3.8) is 0 Å². The van der Waals surface area contributed by atoms with Crippen LogP contribution in [0.5, 0.6) is 5.75 Å². The SMILES string of the molecule is O=C(O)c1ccc2ncc(C(=O)O)c(Nc3cccc(O)c3)c2c1. The van der Waals surface area contributed by atoms with E-state index in [1.807, 2.05) is 0 Å². The van der Waals surface area contributed by atoms with E-state index in [2.05, 4.69) is 10.3 Å². The largest absolute Gasteiger partial charge is 0.508 e. The molecule has 24 heavy (non-hydrogen) atoms. The first-order valence-corrected chi connectivity index (χ1v) is 6.91. The van der Waals surface area contributed by atoms with Gasteiger partial charge in [-0.1, -0.05) is 6.07 Å². The molecule has 0 bridgehead atoms. The predicted molar refractivity (Wildman–Crippen MR) is 87.1 cm³/mol. The van der Waals surface area contributed by atoms with Gasteiger partial charge in [-0.05, 0) is 30.3 Å². The van der Waals surface area contributed by atoms with Crippen molar-refractivity contribution in [1.29, 1.82) is 0 Å². The maximum absolute atomic E-state index is 11.5. The summed E-state index contributed by atoms with van der Waals surface area (Å²) in [5.74, 6) is -2.31. The number of carboxylic acid groups (broad SMARTS) is 2. The standard InChI is InChI=1S/C17H12N2O5/c20-11-3-1-2-10(7-11)19-15-12-6-9(16(21)22)4-5-14(12)18-8-13(15)17(23)24/h1-8,20H,(H,18,19)(H,21,22)(H,23,24). The number of aromatic hydroxyl groups is 1.